The number of hydrogen-bond donors (Lipinski definition) is 2. The van der Waals surface area contributed by atoms with Crippen LogP contribution in [0.5, 0.6) is 0 Å². The third kappa shape index (κ3) is 3.33. The Labute approximate surface area is 115 Å². The number of nitrogens with one attached hydrogen (secondary N) is 1. The molecule has 0 saturated carbocycles. The van der Waals surface area contributed by atoms with E-state index in [1.807, 2.05) is 0 Å². The van der Waals surface area contributed by atoms with Gasteiger partial charge < -0.3 is 5.11 Å². The van der Waals surface area contributed by atoms with E-state index < -0.39 is 31.8 Å². The Morgan fingerprint density at radius 1 is 1.44 bits per heavy atom. The average Bonchev–Trinajstić information content (AvgIpc) is 2.32. The number of halogens is 3. The van der Waals surface area contributed by atoms with E-state index in [0.29, 0.717) is 6.42 Å². The standard InChI is InChI=1S/C10H12Cl2FNO3S/c1-2-6(5-15)14-18(16,17)8-4-3-7(11)10(13)9(8)12/h3-4,6,14-15H,2,5H2,1H3. The van der Waals surface area contributed by atoms with Gasteiger partial charge in [-0.2, -0.15) is 0 Å². The lowest BCUT2D eigenvalue weighted by Gasteiger charge is -2.15. The van der Waals surface area contributed by atoms with Gasteiger partial charge >= 0.3 is 0 Å². The topological polar surface area (TPSA) is 66.4 Å². The van der Waals surface area contributed by atoms with Crippen LogP contribution in [0.15, 0.2) is 17.0 Å². The van der Waals surface area contributed by atoms with Crippen LogP contribution >= 0.6 is 23.2 Å². The summed E-state index contributed by atoms with van der Waals surface area (Å²) < 4.78 is 39.5. The van der Waals surface area contributed by atoms with E-state index in [0.717, 1.165) is 12.1 Å². The first-order valence-corrected chi connectivity index (χ1v) is 7.34. The summed E-state index contributed by atoms with van der Waals surface area (Å²) in [6.45, 7) is 1.34. The summed E-state index contributed by atoms with van der Waals surface area (Å²) in [5.41, 5.74) is 0. The molecule has 0 saturated heterocycles. The fourth-order valence-electron chi connectivity index (χ4n) is 1.25. The van der Waals surface area contributed by atoms with E-state index in [-0.39, 0.29) is 11.6 Å². The molecule has 1 atom stereocenters. The van der Waals surface area contributed by atoms with Crippen molar-refractivity contribution in [1.82, 2.24) is 4.72 Å². The summed E-state index contributed by atoms with van der Waals surface area (Å²) in [7, 11) is -3.99. The molecule has 0 spiro atoms. The van der Waals surface area contributed by atoms with Crippen LogP contribution in [0.4, 0.5) is 4.39 Å². The van der Waals surface area contributed by atoms with Gasteiger partial charge in [-0.1, -0.05) is 30.1 Å². The first kappa shape index (κ1) is 15.7. The number of sulfonamides is 1. The second-order valence-electron chi connectivity index (χ2n) is 3.58. The maximum Gasteiger partial charge on any atom is 0.242 e. The smallest absolute Gasteiger partial charge is 0.242 e. The molecular formula is C10H12Cl2FNO3S. The molecule has 1 aromatic rings. The summed E-state index contributed by atoms with van der Waals surface area (Å²) >= 11 is 11.1. The predicted molar refractivity (Wildman–Crippen MR) is 67.9 cm³/mol. The van der Waals surface area contributed by atoms with Gasteiger partial charge in [0, 0.05) is 6.04 Å². The molecule has 0 aliphatic carbocycles. The minimum absolute atomic E-state index is 0.256. The Kier molecular flexibility index (Phi) is 5.36. The highest BCUT2D eigenvalue weighted by Gasteiger charge is 2.24. The minimum atomic E-state index is -3.99. The van der Waals surface area contributed by atoms with E-state index in [1.165, 1.54) is 0 Å². The number of rotatable bonds is 5. The van der Waals surface area contributed by atoms with Crippen LogP contribution in [0.2, 0.25) is 10.0 Å². The van der Waals surface area contributed by atoms with Gasteiger partial charge in [-0.25, -0.2) is 17.5 Å². The lowest BCUT2D eigenvalue weighted by atomic mass is 10.3. The van der Waals surface area contributed by atoms with Gasteiger partial charge in [0.25, 0.3) is 0 Å². The molecular weight excluding hydrogens is 304 g/mol. The third-order valence-corrected chi connectivity index (χ3v) is 4.66. The summed E-state index contributed by atoms with van der Waals surface area (Å²) in [5, 5.41) is 8.13. The molecule has 4 nitrogen and oxygen atoms in total. The largest absolute Gasteiger partial charge is 0.395 e. The molecule has 0 aromatic heterocycles. The highest BCUT2D eigenvalue weighted by Crippen LogP contribution is 2.29. The van der Waals surface area contributed by atoms with Crippen LogP contribution in [-0.4, -0.2) is 26.2 Å². The van der Waals surface area contributed by atoms with Crippen LogP contribution in [0.3, 0.4) is 0 Å². The monoisotopic (exact) mass is 315 g/mol. The molecule has 0 radical (unpaired) electrons. The maximum absolute atomic E-state index is 13.4. The van der Waals surface area contributed by atoms with Crippen LogP contribution in [0.1, 0.15) is 13.3 Å². The van der Waals surface area contributed by atoms with Crippen molar-refractivity contribution in [3.05, 3.63) is 28.0 Å². The number of aliphatic hydroxyl groups excluding tert-OH is 1. The van der Waals surface area contributed by atoms with Gasteiger partial charge in [0.2, 0.25) is 10.0 Å². The van der Waals surface area contributed by atoms with Gasteiger partial charge in [0.05, 0.1) is 16.7 Å². The quantitative estimate of drug-likeness (QED) is 0.818. The minimum Gasteiger partial charge on any atom is -0.395 e. The van der Waals surface area contributed by atoms with Crippen LogP contribution in [0.25, 0.3) is 0 Å². The van der Waals surface area contributed by atoms with Crippen LogP contribution in [0, 0.1) is 5.82 Å². The lowest BCUT2D eigenvalue weighted by molar-refractivity contribution is 0.254. The molecule has 0 bridgehead atoms. The fourth-order valence-corrected chi connectivity index (χ4v) is 3.30. The van der Waals surface area contributed by atoms with Gasteiger partial charge in [-0.15, -0.1) is 0 Å². The van der Waals surface area contributed by atoms with Gasteiger partial charge in [-0.05, 0) is 18.6 Å². The Morgan fingerprint density at radius 2 is 2.06 bits per heavy atom. The van der Waals surface area contributed by atoms with Crippen molar-refractivity contribution in [2.24, 2.45) is 0 Å². The molecule has 0 amide bonds. The zero-order chi connectivity index (χ0) is 13.9. The molecule has 0 fully saturated rings. The van der Waals surface area contributed by atoms with Gasteiger partial charge in [0.1, 0.15) is 4.90 Å². The summed E-state index contributed by atoms with van der Waals surface area (Å²) in [6.07, 6.45) is 0.392. The van der Waals surface area contributed by atoms with E-state index in [4.69, 9.17) is 28.3 Å². The normalized spacial score (nSPS) is 13.6. The van der Waals surface area contributed by atoms with Crippen molar-refractivity contribution in [3.8, 4) is 0 Å². The molecule has 1 rings (SSSR count). The van der Waals surface area contributed by atoms with Crippen molar-refractivity contribution >= 4 is 33.2 Å². The van der Waals surface area contributed by atoms with Crippen molar-refractivity contribution in [1.29, 1.82) is 0 Å². The van der Waals surface area contributed by atoms with Crippen molar-refractivity contribution < 1.29 is 17.9 Å². The van der Waals surface area contributed by atoms with Crippen molar-refractivity contribution in [2.75, 3.05) is 6.61 Å². The zero-order valence-electron chi connectivity index (χ0n) is 9.45. The van der Waals surface area contributed by atoms with Crippen LogP contribution < -0.4 is 4.72 Å². The predicted octanol–water partition coefficient (Wildman–Crippen LogP) is 2.18. The molecule has 1 aromatic carbocycles. The second-order valence-corrected chi connectivity index (χ2v) is 6.05. The molecule has 1 unspecified atom stereocenters. The van der Waals surface area contributed by atoms with Gasteiger partial charge in [0.15, 0.2) is 5.82 Å². The number of benzene rings is 1. The Balaban J connectivity index is 3.17. The molecule has 2 N–H and O–H groups in total. The van der Waals surface area contributed by atoms with E-state index in [2.05, 4.69) is 4.72 Å². The highest BCUT2D eigenvalue weighted by atomic mass is 35.5. The number of aliphatic hydroxyl groups is 1. The van der Waals surface area contributed by atoms with Gasteiger partial charge in [-0.3, -0.25) is 0 Å². The third-order valence-electron chi connectivity index (χ3n) is 2.32. The molecule has 18 heavy (non-hydrogen) atoms. The average molecular weight is 316 g/mol. The summed E-state index contributed by atoms with van der Waals surface area (Å²) in [5.74, 6) is -0.988. The second kappa shape index (κ2) is 6.16. The molecule has 0 aliphatic heterocycles. The van der Waals surface area contributed by atoms with Crippen molar-refractivity contribution in [3.63, 3.8) is 0 Å². The maximum atomic E-state index is 13.4. The van der Waals surface area contributed by atoms with E-state index in [1.54, 1.807) is 6.92 Å². The number of hydrogen-bond acceptors (Lipinski definition) is 3. The first-order chi connectivity index (χ1) is 8.33. The van der Waals surface area contributed by atoms with Crippen molar-refractivity contribution in [2.45, 2.75) is 24.3 Å². The molecule has 8 heteroatoms. The fraction of sp³-hybridized carbons (Fsp3) is 0.400. The SMILES string of the molecule is CCC(CO)NS(=O)(=O)c1ccc(Cl)c(F)c1Cl. The first-order valence-electron chi connectivity index (χ1n) is 5.10. The zero-order valence-corrected chi connectivity index (χ0v) is 11.8. The molecule has 0 heterocycles. The summed E-state index contributed by atoms with van der Waals surface area (Å²) in [4.78, 5) is -0.405. The Hall–Kier alpha value is -0.400. The lowest BCUT2D eigenvalue weighted by Crippen LogP contribution is -2.37. The molecule has 102 valence electrons. The molecule has 0 aliphatic rings. The van der Waals surface area contributed by atoms with E-state index in [9.17, 15) is 12.8 Å². The van der Waals surface area contributed by atoms with Crippen LogP contribution in [-0.2, 0) is 10.0 Å². The van der Waals surface area contributed by atoms with E-state index >= 15 is 0 Å². The highest BCUT2D eigenvalue weighted by molar-refractivity contribution is 7.89. The Morgan fingerprint density at radius 3 is 2.56 bits per heavy atom. The summed E-state index contributed by atoms with van der Waals surface area (Å²) in [6, 6.07) is 1.57. The Bertz CT molecular complexity index is 532.